The minimum atomic E-state index is 0. The maximum Gasteiger partial charge on any atom is 0.191 e. The Kier molecular flexibility index (Phi) is 8.49. The second kappa shape index (κ2) is 10.5. The summed E-state index contributed by atoms with van der Waals surface area (Å²) in [6.45, 7) is 10.3. The van der Waals surface area contributed by atoms with Crippen LogP contribution in [0.5, 0.6) is 0 Å². The molecule has 4 aliphatic rings. The molecular formula is C22H41IN4O2. The van der Waals surface area contributed by atoms with Crippen LogP contribution in [0.3, 0.4) is 0 Å². The average molecular weight is 521 g/mol. The summed E-state index contributed by atoms with van der Waals surface area (Å²) in [5.41, 5.74) is 0.361. The lowest BCUT2D eigenvalue weighted by atomic mass is 9.54. The fourth-order valence-corrected chi connectivity index (χ4v) is 6.31. The Balaban J connectivity index is 0.00000240. The molecule has 2 saturated carbocycles. The predicted octanol–water partition coefficient (Wildman–Crippen LogP) is 2.86. The van der Waals surface area contributed by atoms with Crippen molar-refractivity contribution in [2.24, 2.45) is 22.2 Å². The van der Waals surface area contributed by atoms with Crippen LogP contribution in [-0.2, 0) is 9.47 Å². The van der Waals surface area contributed by atoms with Crippen LogP contribution in [0.15, 0.2) is 4.99 Å². The molecule has 2 N–H and O–H groups in total. The lowest BCUT2D eigenvalue weighted by Gasteiger charge is -2.57. The third-order valence-corrected chi connectivity index (χ3v) is 7.61. The molecule has 4 unspecified atom stereocenters. The summed E-state index contributed by atoms with van der Waals surface area (Å²) < 4.78 is 11.7. The van der Waals surface area contributed by atoms with Gasteiger partial charge >= 0.3 is 0 Å². The normalized spacial score (nSPS) is 32.6. The number of ether oxygens (including phenoxy) is 2. The van der Waals surface area contributed by atoms with Gasteiger partial charge in [0.25, 0.3) is 0 Å². The van der Waals surface area contributed by atoms with Gasteiger partial charge in [-0.3, -0.25) is 9.89 Å². The molecule has 2 aliphatic heterocycles. The molecule has 7 heteroatoms. The topological polar surface area (TPSA) is 58.1 Å². The Labute approximate surface area is 194 Å². The standard InChI is InChI=1S/C22H40N4O2.HI/c1-16(2)14-17(26-9-12-27-13-10-26)15-24-21(23-3)25-19-18-6-11-28-20(18)22(19)7-4-5-8-22;/h16-20H,4-15H2,1-3H3,(H2,23,24,25);1H. The zero-order chi connectivity index (χ0) is 19.6. The first-order chi connectivity index (χ1) is 13.6. The van der Waals surface area contributed by atoms with Crippen LogP contribution in [0.1, 0.15) is 52.4 Å². The van der Waals surface area contributed by atoms with E-state index >= 15 is 0 Å². The van der Waals surface area contributed by atoms with E-state index < -0.39 is 0 Å². The second-order valence-corrected chi connectivity index (χ2v) is 9.69. The van der Waals surface area contributed by atoms with E-state index in [1.165, 1.54) is 38.5 Å². The molecule has 2 aliphatic carbocycles. The van der Waals surface area contributed by atoms with Crippen molar-refractivity contribution in [2.45, 2.75) is 70.6 Å². The van der Waals surface area contributed by atoms with Gasteiger partial charge < -0.3 is 20.1 Å². The Morgan fingerprint density at radius 2 is 1.90 bits per heavy atom. The zero-order valence-corrected chi connectivity index (χ0v) is 20.8. The molecule has 0 aromatic carbocycles. The van der Waals surface area contributed by atoms with E-state index in [2.05, 4.69) is 34.4 Å². The Morgan fingerprint density at radius 1 is 1.17 bits per heavy atom. The number of guanidine groups is 1. The van der Waals surface area contributed by atoms with Crippen molar-refractivity contribution in [1.29, 1.82) is 0 Å². The average Bonchev–Trinajstić information content (AvgIpc) is 3.36. The van der Waals surface area contributed by atoms with Gasteiger partial charge in [-0.1, -0.05) is 26.7 Å². The summed E-state index contributed by atoms with van der Waals surface area (Å²) >= 11 is 0. The van der Waals surface area contributed by atoms with Crippen LogP contribution in [0.2, 0.25) is 0 Å². The third kappa shape index (κ3) is 4.88. The van der Waals surface area contributed by atoms with Crippen molar-refractivity contribution in [2.75, 3.05) is 46.5 Å². The van der Waals surface area contributed by atoms with Crippen molar-refractivity contribution in [1.82, 2.24) is 15.5 Å². The molecule has 4 rings (SSSR count). The molecule has 4 atom stereocenters. The number of fused-ring (bicyclic) bond motifs is 2. The lowest BCUT2D eigenvalue weighted by molar-refractivity contribution is -0.125. The first-order valence-corrected chi connectivity index (χ1v) is 11.5. The smallest absolute Gasteiger partial charge is 0.191 e. The highest BCUT2D eigenvalue weighted by Gasteiger charge is 2.65. The van der Waals surface area contributed by atoms with Crippen molar-refractivity contribution in [3.63, 3.8) is 0 Å². The van der Waals surface area contributed by atoms with Crippen molar-refractivity contribution < 1.29 is 9.47 Å². The minimum absolute atomic E-state index is 0. The van der Waals surface area contributed by atoms with Gasteiger partial charge in [0.2, 0.25) is 0 Å². The van der Waals surface area contributed by atoms with Crippen molar-refractivity contribution >= 4 is 29.9 Å². The second-order valence-electron chi connectivity index (χ2n) is 9.69. The summed E-state index contributed by atoms with van der Waals surface area (Å²) in [5.74, 6) is 2.33. The van der Waals surface area contributed by atoms with E-state index in [1.54, 1.807) is 0 Å². The quantitative estimate of drug-likeness (QED) is 0.321. The van der Waals surface area contributed by atoms with Gasteiger partial charge in [0.15, 0.2) is 5.96 Å². The molecule has 168 valence electrons. The van der Waals surface area contributed by atoms with Crippen LogP contribution < -0.4 is 10.6 Å². The molecule has 2 saturated heterocycles. The largest absolute Gasteiger partial charge is 0.379 e. The van der Waals surface area contributed by atoms with E-state index in [9.17, 15) is 0 Å². The van der Waals surface area contributed by atoms with Gasteiger partial charge in [0.05, 0.1) is 19.3 Å². The number of morpholine rings is 1. The molecule has 1 spiro atoms. The number of rotatable bonds is 6. The van der Waals surface area contributed by atoms with Crippen LogP contribution >= 0.6 is 24.0 Å². The number of hydrogen-bond acceptors (Lipinski definition) is 4. The van der Waals surface area contributed by atoms with E-state index in [0.717, 1.165) is 45.4 Å². The van der Waals surface area contributed by atoms with Gasteiger partial charge in [-0.15, -0.1) is 24.0 Å². The van der Waals surface area contributed by atoms with Gasteiger partial charge in [0.1, 0.15) is 0 Å². The highest BCUT2D eigenvalue weighted by atomic mass is 127. The van der Waals surface area contributed by atoms with E-state index in [4.69, 9.17) is 9.47 Å². The summed E-state index contributed by atoms with van der Waals surface area (Å²) in [6, 6.07) is 1.06. The molecule has 4 fully saturated rings. The number of hydrogen-bond donors (Lipinski definition) is 2. The highest BCUT2D eigenvalue weighted by molar-refractivity contribution is 14.0. The molecule has 0 radical (unpaired) electrons. The first-order valence-electron chi connectivity index (χ1n) is 11.5. The number of nitrogens with zero attached hydrogens (tertiary/aromatic N) is 2. The first kappa shape index (κ1) is 23.5. The fraction of sp³-hybridized carbons (Fsp3) is 0.955. The Hall–Kier alpha value is -0.120. The fourth-order valence-electron chi connectivity index (χ4n) is 6.31. The molecule has 0 amide bonds. The number of aliphatic imine (C=N–C) groups is 1. The van der Waals surface area contributed by atoms with Crippen LogP contribution in [-0.4, -0.2) is 75.5 Å². The van der Waals surface area contributed by atoms with Crippen molar-refractivity contribution in [3.05, 3.63) is 0 Å². The summed E-state index contributed by atoms with van der Waals surface area (Å²) in [7, 11) is 1.91. The van der Waals surface area contributed by atoms with Gasteiger partial charge in [0, 0.05) is 56.7 Å². The molecule has 0 aromatic rings. The maximum atomic E-state index is 6.14. The molecular weight excluding hydrogens is 479 g/mol. The third-order valence-electron chi connectivity index (χ3n) is 7.61. The monoisotopic (exact) mass is 520 g/mol. The predicted molar refractivity (Wildman–Crippen MR) is 128 cm³/mol. The minimum Gasteiger partial charge on any atom is -0.379 e. The summed E-state index contributed by atoms with van der Waals surface area (Å²) in [5, 5.41) is 7.51. The van der Waals surface area contributed by atoms with Gasteiger partial charge in [-0.05, 0) is 31.6 Å². The van der Waals surface area contributed by atoms with Crippen LogP contribution in [0.4, 0.5) is 0 Å². The van der Waals surface area contributed by atoms with Gasteiger partial charge in [-0.25, -0.2) is 0 Å². The number of halogens is 1. The Morgan fingerprint density at radius 3 is 2.55 bits per heavy atom. The SMILES string of the molecule is CN=C(NCC(CC(C)C)N1CCOCC1)NC1C2CCOC2C12CCCC2.I. The molecule has 2 heterocycles. The van der Waals surface area contributed by atoms with Crippen LogP contribution in [0, 0.1) is 17.3 Å². The Bertz CT molecular complexity index is 547. The molecule has 6 nitrogen and oxygen atoms in total. The lowest BCUT2D eigenvalue weighted by Crippen LogP contribution is -2.69. The van der Waals surface area contributed by atoms with Crippen LogP contribution in [0.25, 0.3) is 0 Å². The molecule has 29 heavy (non-hydrogen) atoms. The zero-order valence-electron chi connectivity index (χ0n) is 18.5. The van der Waals surface area contributed by atoms with Gasteiger partial charge in [-0.2, -0.15) is 0 Å². The molecule has 0 aromatic heterocycles. The molecule has 0 bridgehead atoms. The summed E-state index contributed by atoms with van der Waals surface area (Å²) in [6.07, 6.45) is 8.22. The maximum absolute atomic E-state index is 6.14. The van der Waals surface area contributed by atoms with Crippen molar-refractivity contribution in [3.8, 4) is 0 Å². The van der Waals surface area contributed by atoms with E-state index in [0.29, 0.717) is 35.4 Å². The highest BCUT2D eigenvalue weighted by Crippen LogP contribution is 2.60. The van der Waals surface area contributed by atoms with E-state index in [-0.39, 0.29) is 24.0 Å². The number of nitrogens with one attached hydrogen (secondary N) is 2. The summed E-state index contributed by atoms with van der Waals surface area (Å²) in [4.78, 5) is 7.17. The van der Waals surface area contributed by atoms with E-state index in [1.807, 2.05) is 7.05 Å².